The molecule has 0 bridgehead atoms. The van der Waals surface area contributed by atoms with E-state index in [0.717, 1.165) is 11.3 Å². The van der Waals surface area contributed by atoms with Gasteiger partial charge in [0.1, 0.15) is 0 Å². The van der Waals surface area contributed by atoms with Gasteiger partial charge in [-0.1, -0.05) is 32.4 Å². The molecule has 28 heavy (non-hydrogen) atoms. The van der Waals surface area contributed by atoms with Crippen molar-refractivity contribution in [2.75, 3.05) is 32.7 Å². The summed E-state index contributed by atoms with van der Waals surface area (Å²) in [5.74, 6) is 0.0123. The predicted octanol–water partition coefficient (Wildman–Crippen LogP) is 1.56. The Morgan fingerprint density at radius 1 is 1.11 bits per heavy atom. The first kappa shape index (κ1) is 23.1. The van der Waals surface area contributed by atoms with Crippen molar-refractivity contribution in [1.82, 2.24) is 9.62 Å². The lowest BCUT2D eigenvalue weighted by Crippen LogP contribution is -3.16. The van der Waals surface area contributed by atoms with Crippen molar-refractivity contribution in [3.05, 3.63) is 29.3 Å². The zero-order chi connectivity index (χ0) is 21.2. The third-order valence-electron chi connectivity index (χ3n) is 4.74. The van der Waals surface area contributed by atoms with Crippen LogP contribution in [-0.2, 0) is 14.8 Å². The highest BCUT2D eigenvalue weighted by Crippen LogP contribution is 2.26. The number of piperazine rings is 1. The molecule has 6 nitrogen and oxygen atoms in total. The number of carbonyl (C=O) groups excluding carboxylic acids is 1. The fraction of sp³-hybridized carbons (Fsp3) is 0.650. The highest BCUT2D eigenvalue weighted by atomic mass is 35.5. The average molecular weight is 431 g/mol. The molecular weight excluding hydrogens is 398 g/mol. The lowest BCUT2D eigenvalue weighted by atomic mass is 9.82. The molecule has 0 radical (unpaired) electrons. The molecule has 0 atom stereocenters. The van der Waals surface area contributed by atoms with Gasteiger partial charge in [0.05, 0.1) is 31.1 Å². The second-order valence-corrected chi connectivity index (χ2v) is 11.8. The summed E-state index contributed by atoms with van der Waals surface area (Å²) in [6, 6.07) is 6.22. The van der Waals surface area contributed by atoms with E-state index in [1.165, 1.54) is 16.4 Å². The summed E-state index contributed by atoms with van der Waals surface area (Å²) in [4.78, 5) is 13.8. The lowest BCUT2D eigenvalue weighted by molar-refractivity contribution is -0.895. The normalized spacial score (nSPS) is 17.5. The van der Waals surface area contributed by atoms with Crippen molar-refractivity contribution >= 4 is 27.5 Å². The molecule has 0 saturated carbocycles. The van der Waals surface area contributed by atoms with Crippen molar-refractivity contribution in [2.24, 2.45) is 5.41 Å². The number of sulfonamides is 1. The number of benzene rings is 1. The van der Waals surface area contributed by atoms with Gasteiger partial charge in [0.2, 0.25) is 10.0 Å². The summed E-state index contributed by atoms with van der Waals surface area (Å²) in [6.45, 7) is 13.0. The fourth-order valence-electron chi connectivity index (χ4n) is 3.99. The molecule has 1 fully saturated rings. The molecule has 0 spiro atoms. The van der Waals surface area contributed by atoms with Gasteiger partial charge in [-0.15, -0.1) is 0 Å². The van der Waals surface area contributed by atoms with Crippen molar-refractivity contribution in [3.8, 4) is 0 Å². The quantitative estimate of drug-likeness (QED) is 0.719. The monoisotopic (exact) mass is 430 g/mol. The van der Waals surface area contributed by atoms with E-state index in [9.17, 15) is 13.2 Å². The highest BCUT2D eigenvalue weighted by molar-refractivity contribution is 7.89. The first-order valence-electron chi connectivity index (χ1n) is 9.69. The van der Waals surface area contributed by atoms with E-state index in [-0.39, 0.29) is 21.8 Å². The fourth-order valence-corrected chi connectivity index (χ4v) is 5.56. The Labute approximate surface area is 174 Å². The van der Waals surface area contributed by atoms with Crippen LogP contribution < -0.4 is 10.2 Å². The van der Waals surface area contributed by atoms with Crippen LogP contribution in [-0.4, -0.2) is 56.9 Å². The molecule has 2 N–H and O–H groups in total. The van der Waals surface area contributed by atoms with Crippen LogP contribution >= 0.6 is 11.6 Å². The average Bonchev–Trinajstić information content (AvgIpc) is 2.52. The third kappa shape index (κ3) is 6.72. The smallest absolute Gasteiger partial charge is 0.275 e. The van der Waals surface area contributed by atoms with E-state index in [1.54, 1.807) is 12.1 Å². The van der Waals surface area contributed by atoms with Gasteiger partial charge in [-0.05, 0) is 49.9 Å². The van der Waals surface area contributed by atoms with Gasteiger partial charge in [0, 0.05) is 10.6 Å². The number of nitrogens with one attached hydrogen (secondary N) is 2. The Hall–Kier alpha value is -1.15. The molecule has 1 heterocycles. The van der Waals surface area contributed by atoms with E-state index >= 15 is 0 Å². The van der Waals surface area contributed by atoms with Crippen LogP contribution in [0.1, 0.15) is 41.0 Å². The van der Waals surface area contributed by atoms with Gasteiger partial charge in [-0.3, -0.25) is 4.79 Å². The second-order valence-electron chi connectivity index (χ2n) is 9.45. The molecule has 0 aromatic heterocycles. The van der Waals surface area contributed by atoms with Gasteiger partial charge in [-0.2, -0.15) is 4.31 Å². The molecule has 158 valence electrons. The van der Waals surface area contributed by atoms with Crippen LogP contribution in [0.25, 0.3) is 0 Å². The third-order valence-corrected chi connectivity index (χ3v) is 6.91. The Kier molecular flexibility index (Phi) is 7.18. The zero-order valence-corrected chi connectivity index (χ0v) is 19.1. The van der Waals surface area contributed by atoms with Gasteiger partial charge < -0.3 is 10.2 Å². The Balaban J connectivity index is 1.88. The van der Waals surface area contributed by atoms with E-state index in [2.05, 4.69) is 26.1 Å². The van der Waals surface area contributed by atoms with E-state index in [0.29, 0.717) is 37.7 Å². The van der Waals surface area contributed by atoms with Gasteiger partial charge in [0.15, 0.2) is 6.54 Å². The molecule has 0 unspecified atom stereocenters. The number of carbonyl (C=O) groups is 1. The number of rotatable bonds is 6. The van der Waals surface area contributed by atoms with Crippen LogP contribution in [0.4, 0.5) is 0 Å². The summed E-state index contributed by atoms with van der Waals surface area (Å²) < 4.78 is 27.0. The molecule has 1 aliphatic rings. The van der Waals surface area contributed by atoms with Gasteiger partial charge in [-0.25, -0.2) is 8.42 Å². The number of nitrogens with zero attached hydrogens (tertiary/aromatic N) is 1. The van der Waals surface area contributed by atoms with Crippen LogP contribution in [0.15, 0.2) is 29.2 Å². The van der Waals surface area contributed by atoms with Crippen molar-refractivity contribution in [3.63, 3.8) is 0 Å². The Bertz CT molecular complexity index is 778. The molecule has 0 aliphatic carbocycles. The number of hydrogen-bond donors (Lipinski definition) is 2. The summed E-state index contributed by atoms with van der Waals surface area (Å²) in [5.41, 5.74) is -0.139. The van der Waals surface area contributed by atoms with E-state index < -0.39 is 10.0 Å². The molecule has 1 amide bonds. The van der Waals surface area contributed by atoms with Crippen LogP contribution in [0.2, 0.25) is 5.02 Å². The first-order valence-corrected chi connectivity index (χ1v) is 11.5. The maximum Gasteiger partial charge on any atom is 0.275 e. The minimum absolute atomic E-state index is 0.0123. The van der Waals surface area contributed by atoms with Gasteiger partial charge in [0.25, 0.3) is 5.91 Å². The van der Waals surface area contributed by atoms with E-state index in [4.69, 9.17) is 11.6 Å². The Morgan fingerprint density at radius 3 is 2.14 bits per heavy atom. The van der Waals surface area contributed by atoms with Crippen molar-refractivity contribution in [1.29, 1.82) is 0 Å². The molecule has 1 aromatic rings. The van der Waals surface area contributed by atoms with Gasteiger partial charge >= 0.3 is 0 Å². The topological polar surface area (TPSA) is 70.9 Å². The molecule has 2 rings (SSSR count). The van der Waals surface area contributed by atoms with Crippen LogP contribution in [0, 0.1) is 5.41 Å². The first-order chi connectivity index (χ1) is 12.8. The number of amides is 1. The molecular formula is C20H33ClN3O3S+. The maximum absolute atomic E-state index is 12.7. The number of halogens is 1. The molecule has 1 aliphatic heterocycles. The van der Waals surface area contributed by atoms with Crippen LogP contribution in [0.3, 0.4) is 0 Å². The highest BCUT2D eigenvalue weighted by Gasteiger charge is 2.32. The number of quaternary nitrogens is 1. The zero-order valence-electron chi connectivity index (χ0n) is 17.5. The number of hydrogen-bond acceptors (Lipinski definition) is 3. The van der Waals surface area contributed by atoms with E-state index in [1.807, 2.05) is 13.8 Å². The molecule has 1 saturated heterocycles. The largest absolute Gasteiger partial charge is 0.346 e. The predicted molar refractivity (Wildman–Crippen MR) is 112 cm³/mol. The van der Waals surface area contributed by atoms with Crippen LogP contribution in [0.5, 0.6) is 0 Å². The second kappa shape index (κ2) is 8.69. The SMILES string of the molecule is CC(C)(C)CC(C)(C)NC(=O)C[NH+]1CCN(S(=O)(=O)c2ccc(Cl)cc2)CC1. The molecule has 1 aromatic carbocycles. The Morgan fingerprint density at radius 2 is 1.64 bits per heavy atom. The lowest BCUT2D eigenvalue weighted by Gasteiger charge is -2.35. The summed E-state index contributed by atoms with van der Waals surface area (Å²) in [5, 5.41) is 3.64. The summed E-state index contributed by atoms with van der Waals surface area (Å²) in [7, 11) is -3.52. The maximum atomic E-state index is 12.7. The minimum atomic E-state index is -3.52. The molecule has 8 heteroatoms. The minimum Gasteiger partial charge on any atom is -0.346 e. The summed E-state index contributed by atoms with van der Waals surface area (Å²) in [6.07, 6.45) is 0.883. The van der Waals surface area contributed by atoms with Crippen molar-refractivity contribution < 1.29 is 18.1 Å². The standard InChI is InChI=1S/C20H32ClN3O3S/c1-19(2,3)15-20(4,5)22-18(25)14-23-10-12-24(13-11-23)28(26,27)17-8-6-16(21)7-9-17/h6-9H,10-15H2,1-5H3,(H,22,25)/p+1. The van der Waals surface area contributed by atoms with Crippen molar-refractivity contribution in [2.45, 2.75) is 51.5 Å². The summed E-state index contributed by atoms with van der Waals surface area (Å²) >= 11 is 5.85.